The monoisotopic (exact) mass is 983 g/mol. The molecular formula is C52H86O17. The van der Waals surface area contributed by atoms with E-state index in [1.165, 1.54) is 13.8 Å². The van der Waals surface area contributed by atoms with Gasteiger partial charge < -0.3 is 47.7 Å². The van der Waals surface area contributed by atoms with Crippen molar-refractivity contribution in [2.75, 3.05) is 39.6 Å². The topological polar surface area (TPSA) is 236 Å². The first-order chi connectivity index (χ1) is 30.6. The van der Waals surface area contributed by atoms with Crippen LogP contribution >= 0.6 is 0 Å². The lowest BCUT2D eigenvalue weighted by atomic mass is 9.68. The third-order valence-corrected chi connectivity index (χ3v) is 14.5. The van der Waals surface area contributed by atoms with Crippen molar-refractivity contribution in [2.24, 2.45) is 58.2 Å². The SMILES string of the molecule is C.C.C.C.C=C(C)C(=O)OCCOC(=O)C(C)C(CC(CC(C)(C)C(=O)OCC1CO1)C1CCC2OC2C1)C(=O)O.CC1C(=O)OC(=O)C1CC(CC(C)(C)C(=O)OCC1CO1)C1CCC2OC2C1. The van der Waals surface area contributed by atoms with Crippen LogP contribution in [-0.4, -0.2) is 123 Å². The third-order valence-electron chi connectivity index (χ3n) is 14.5. The minimum absolute atomic E-state index is 0. The van der Waals surface area contributed by atoms with Gasteiger partial charge in [-0.05, 0) is 122 Å². The van der Waals surface area contributed by atoms with Gasteiger partial charge in [0.15, 0.2) is 0 Å². The summed E-state index contributed by atoms with van der Waals surface area (Å²) in [6, 6.07) is 0. The highest BCUT2D eigenvalue weighted by atomic mass is 16.6. The Labute approximate surface area is 411 Å². The van der Waals surface area contributed by atoms with E-state index in [4.69, 9.17) is 42.6 Å². The number of epoxide rings is 4. The number of cyclic esters (lactones) is 2. The number of aliphatic carboxylic acids is 1. The summed E-state index contributed by atoms with van der Waals surface area (Å²) in [6.45, 7) is 17.1. The molecule has 5 aliphatic heterocycles. The van der Waals surface area contributed by atoms with Gasteiger partial charge in [0.05, 0.1) is 72.1 Å². The fourth-order valence-corrected chi connectivity index (χ4v) is 9.95. The van der Waals surface area contributed by atoms with Crippen LogP contribution in [0.15, 0.2) is 12.2 Å². The quantitative estimate of drug-likeness (QED) is 0.0258. The lowest BCUT2D eigenvalue weighted by Crippen LogP contribution is -2.37. The molecule has 7 rings (SSSR count). The maximum absolute atomic E-state index is 12.9. The lowest BCUT2D eigenvalue weighted by molar-refractivity contribution is -0.160. The third kappa shape index (κ3) is 17.4. The first kappa shape index (κ1) is 61.2. The Kier molecular flexibility index (Phi) is 23.0. The normalized spacial score (nSPS) is 29.6. The largest absolute Gasteiger partial charge is 0.481 e. The van der Waals surface area contributed by atoms with E-state index in [1.807, 2.05) is 27.7 Å². The zero-order valence-electron chi connectivity index (χ0n) is 39.1. The minimum atomic E-state index is -1.09. The van der Waals surface area contributed by atoms with Crippen molar-refractivity contribution < 1.29 is 81.3 Å². The molecule has 14 unspecified atom stereocenters. The number of rotatable bonds is 23. The number of hydrogen-bond acceptors (Lipinski definition) is 16. The van der Waals surface area contributed by atoms with Crippen molar-refractivity contribution in [1.82, 2.24) is 0 Å². The summed E-state index contributed by atoms with van der Waals surface area (Å²) in [5.41, 5.74) is -1.27. The van der Waals surface area contributed by atoms with Crippen molar-refractivity contribution >= 4 is 41.8 Å². The number of fused-ring (bicyclic) bond motifs is 2. The second kappa shape index (κ2) is 26.0. The highest BCUT2D eigenvalue weighted by Crippen LogP contribution is 2.49. The average Bonchev–Trinajstić information content (AvgIpc) is 4.05. The molecule has 5 saturated heterocycles. The summed E-state index contributed by atoms with van der Waals surface area (Å²) in [5, 5.41) is 10.0. The molecule has 0 amide bonds. The second-order valence-corrected chi connectivity index (χ2v) is 20.8. The van der Waals surface area contributed by atoms with E-state index in [0.717, 1.165) is 38.5 Å². The average molecular weight is 983 g/mol. The van der Waals surface area contributed by atoms with E-state index < -0.39 is 64.3 Å². The smallest absolute Gasteiger partial charge is 0.333 e. The van der Waals surface area contributed by atoms with E-state index in [-0.39, 0.29) is 116 Å². The van der Waals surface area contributed by atoms with E-state index >= 15 is 0 Å². The molecule has 0 spiro atoms. The summed E-state index contributed by atoms with van der Waals surface area (Å²) in [4.78, 5) is 86.0. The number of carboxylic acids is 1. The second-order valence-electron chi connectivity index (χ2n) is 20.8. The van der Waals surface area contributed by atoms with Gasteiger partial charge in [0.1, 0.15) is 38.6 Å². The molecule has 0 aromatic heterocycles. The number of carboxylic acid groups (broad SMARTS) is 1. The zero-order valence-corrected chi connectivity index (χ0v) is 39.1. The van der Waals surface area contributed by atoms with Crippen LogP contribution in [-0.2, 0) is 76.2 Å². The number of carbonyl (C=O) groups excluding carboxylic acids is 6. The fourth-order valence-electron chi connectivity index (χ4n) is 9.95. The molecular weight excluding hydrogens is 897 g/mol. The molecule has 396 valence electrons. The van der Waals surface area contributed by atoms with Gasteiger partial charge in [0.25, 0.3) is 0 Å². The van der Waals surface area contributed by atoms with Gasteiger partial charge in [-0.1, -0.05) is 50.1 Å². The van der Waals surface area contributed by atoms with Crippen LogP contribution in [0.4, 0.5) is 0 Å². The van der Waals surface area contributed by atoms with E-state index in [0.29, 0.717) is 57.2 Å². The Balaban J connectivity index is 0.000000461. The van der Waals surface area contributed by atoms with E-state index in [1.54, 1.807) is 6.92 Å². The summed E-state index contributed by atoms with van der Waals surface area (Å²) in [6.07, 6.45) is 8.65. The molecule has 2 aliphatic carbocycles. The summed E-state index contributed by atoms with van der Waals surface area (Å²) >= 11 is 0. The van der Waals surface area contributed by atoms with Gasteiger partial charge in [0.2, 0.25) is 0 Å². The van der Waals surface area contributed by atoms with Crippen LogP contribution in [0.2, 0.25) is 0 Å². The van der Waals surface area contributed by atoms with Crippen LogP contribution in [0.25, 0.3) is 0 Å². The molecule has 14 atom stereocenters. The molecule has 5 heterocycles. The molecule has 69 heavy (non-hydrogen) atoms. The van der Waals surface area contributed by atoms with E-state index in [9.17, 15) is 38.7 Å². The number of esters is 6. The predicted molar refractivity (Wildman–Crippen MR) is 254 cm³/mol. The molecule has 1 N–H and O–H groups in total. The Bertz CT molecular complexity index is 1780. The Hall–Kier alpha value is -3.93. The highest BCUT2D eigenvalue weighted by Gasteiger charge is 2.51. The van der Waals surface area contributed by atoms with Crippen molar-refractivity contribution in [3.63, 3.8) is 0 Å². The summed E-state index contributed by atoms with van der Waals surface area (Å²) < 4.78 is 47.5. The molecule has 2 saturated carbocycles. The van der Waals surface area contributed by atoms with Gasteiger partial charge >= 0.3 is 41.8 Å². The molecule has 17 nitrogen and oxygen atoms in total. The maximum Gasteiger partial charge on any atom is 0.333 e. The molecule has 0 radical (unpaired) electrons. The zero-order chi connectivity index (χ0) is 47.4. The predicted octanol–water partition coefficient (Wildman–Crippen LogP) is 7.72. The summed E-state index contributed by atoms with van der Waals surface area (Å²) in [5.74, 6) is -6.01. The van der Waals surface area contributed by atoms with Crippen LogP contribution in [0.1, 0.15) is 142 Å². The van der Waals surface area contributed by atoms with Crippen LogP contribution in [0, 0.1) is 58.2 Å². The van der Waals surface area contributed by atoms with Crippen molar-refractivity contribution in [1.29, 1.82) is 0 Å². The van der Waals surface area contributed by atoms with Crippen molar-refractivity contribution in [2.45, 2.75) is 179 Å². The van der Waals surface area contributed by atoms with Crippen LogP contribution < -0.4 is 0 Å². The molecule has 7 aliphatic rings. The van der Waals surface area contributed by atoms with Gasteiger partial charge in [0, 0.05) is 5.57 Å². The first-order valence-electron chi connectivity index (χ1n) is 23.5. The van der Waals surface area contributed by atoms with Crippen molar-refractivity contribution in [3.8, 4) is 0 Å². The Morgan fingerprint density at radius 3 is 1.59 bits per heavy atom. The molecule has 7 fully saturated rings. The van der Waals surface area contributed by atoms with Gasteiger partial charge in [-0.15, -0.1) is 0 Å². The highest BCUT2D eigenvalue weighted by molar-refractivity contribution is 5.96. The summed E-state index contributed by atoms with van der Waals surface area (Å²) in [7, 11) is 0. The Morgan fingerprint density at radius 2 is 1.17 bits per heavy atom. The number of carbonyl (C=O) groups is 7. The maximum atomic E-state index is 12.9. The molecule has 0 aromatic carbocycles. The molecule has 0 aromatic rings. The number of ether oxygens (including phenoxy) is 9. The fraction of sp³-hybridized carbons (Fsp3) is 0.827. The van der Waals surface area contributed by atoms with Gasteiger partial charge in [-0.3, -0.25) is 28.8 Å². The van der Waals surface area contributed by atoms with Crippen LogP contribution in [0.3, 0.4) is 0 Å². The first-order valence-corrected chi connectivity index (χ1v) is 23.5. The standard InChI is InChI=1S/C27H40O10.C21H30O7.4CH4/c1-15(2)24(30)33-8-9-34-25(31)16(3)20(23(28)29)10-18(17-6-7-21-22(11-17)37-21)12-27(4,5)26(32)36-14-19-13-35-19;1-11-15(19(23)28-18(11)22)6-13(12-4-5-16-17(7-12)27-16)8-21(2,3)20(24)26-10-14-9-25-14;;;;/h16-22H,1,6-14H2,2-5H3,(H,28,29);11-17H,4-10H2,1-3H3;4*1H4. The molecule has 17 heteroatoms. The van der Waals surface area contributed by atoms with Crippen LogP contribution in [0.5, 0.6) is 0 Å². The molecule has 0 bridgehead atoms. The van der Waals surface area contributed by atoms with Gasteiger partial charge in [-0.25, -0.2) is 4.79 Å². The van der Waals surface area contributed by atoms with Crippen molar-refractivity contribution in [3.05, 3.63) is 12.2 Å². The minimum Gasteiger partial charge on any atom is -0.481 e. The lowest BCUT2D eigenvalue weighted by Gasteiger charge is -2.36. The van der Waals surface area contributed by atoms with Gasteiger partial charge in [-0.2, -0.15) is 0 Å². The Morgan fingerprint density at radius 1 is 0.710 bits per heavy atom. The van der Waals surface area contributed by atoms with E-state index in [2.05, 4.69) is 6.58 Å². The number of hydrogen-bond donors (Lipinski definition) is 1.